The van der Waals surface area contributed by atoms with Crippen LogP contribution in [0.2, 0.25) is 0 Å². The molecule has 0 saturated carbocycles. The van der Waals surface area contributed by atoms with E-state index in [9.17, 15) is 0 Å². The van der Waals surface area contributed by atoms with E-state index in [1.54, 1.807) is 0 Å². The molecule has 13 heavy (non-hydrogen) atoms. The fraction of sp³-hybridized carbons (Fsp3) is 0. The first kappa shape index (κ1) is 7.47. The van der Waals surface area contributed by atoms with E-state index in [0.717, 1.165) is 0 Å². The van der Waals surface area contributed by atoms with Crippen LogP contribution in [0.3, 0.4) is 0 Å². The smallest absolute Gasteiger partial charge is 0.245 e. The minimum Gasteiger partial charge on any atom is -0.382 e. The molecule has 0 atom stereocenters. The summed E-state index contributed by atoms with van der Waals surface area (Å²) < 4.78 is 0. The highest BCUT2D eigenvalue weighted by Crippen LogP contribution is 2.14. The fourth-order valence-corrected chi connectivity index (χ4v) is 1.05. The van der Waals surface area contributed by atoms with Crippen LogP contribution in [0, 0.1) is 5.41 Å². The van der Waals surface area contributed by atoms with Gasteiger partial charge in [-0.3, -0.25) is 5.41 Å². The molecule has 0 saturated heterocycles. The lowest BCUT2D eigenvalue weighted by molar-refractivity contribution is 1.01. The molecule has 2 aromatic rings. The van der Waals surface area contributed by atoms with Crippen LogP contribution in [-0.4, -0.2) is 19.9 Å². The van der Waals surface area contributed by atoms with Crippen LogP contribution in [0.15, 0.2) is 6.33 Å². The van der Waals surface area contributed by atoms with Gasteiger partial charge >= 0.3 is 0 Å². The zero-order chi connectivity index (χ0) is 9.42. The van der Waals surface area contributed by atoms with Crippen molar-refractivity contribution in [2.75, 3.05) is 11.5 Å². The quantitative estimate of drug-likeness (QED) is 0.409. The van der Waals surface area contributed by atoms with E-state index in [-0.39, 0.29) is 17.3 Å². The highest BCUT2D eigenvalue weighted by Gasteiger charge is 2.04. The highest BCUT2D eigenvalue weighted by atomic mass is 15.0. The number of anilines is 2. The van der Waals surface area contributed by atoms with Crippen LogP contribution in [0.4, 0.5) is 11.6 Å². The van der Waals surface area contributed by atoms with E-state index in [1.165, 1.54) is 6.33 Å². The van der Waals surface area contributed by atoms with Gasteiger partial charge in [-0.05, 0) is 0 Å². The summed E-state index contributed by atoms with van der Waals surface area (Å²) >= 11 is 0. The molecule has 0 aromatic carbocycles. The van der Waals surface area contributed by atoms with E-state index < -0.39 is 0 Å². The number of nitrogens with one attached hydrogen (secondary N) is 2. The molecule has 0 fully saturated rings. The summed E-state index contributed by atoms with van der Waals surface area (Å²) in [6.45, 7) is 0. The number of fused-ring (bicyclic) bond motifs is 1. The summed E-state index contributed by atoms with van der Waals surface area (Å²) in [5.41, 5.74) is 11.8. The van der Waals surface area contributed by atoms with Gasteiger partial charge in [0, 0.05) is 0 Å². The fourth-order valence-electron chi connectivity index (χ4n) is 1.05. The highest BCUT2D eigenvalue weighted by molar-refractivity contribution is 5.90. The largest absolute Gasteiger partial charge is 0.382 e. The normalized spacial score (nSPS) is 10.5. The average Bonchev–Trinajstić information content (AvgIpc) is 2.47. The van der Waals surface area contributed by atoms with E-state index >= 15 is 0 Å². The third-order valence-electron chi connectivity index (χ3n) is 1.59. The molecule has 0 unspecified atom stereocenters. The van der Waals surface area contributed by atoms with Crippen molar-refractivity contribution in [2.45, 2.75) is 0 Å². The topological polar surface area (TPSA) is 130 Å². The van der Waals surface area contributed by atoms with Gasteiger partial charge in [-0.1, -0.05) is 0 Å². The second kappa shape index (κ2) is 2.41. The summed E-state index contributed by atoms with van der Waals surface area (Å²) in [5.74, 6) is 0.312. The monoisotopic (exact) mass is 177 g/mol. The van der Waals surface area contributed by atoms with Gasteiger partial charge < -0.3 is 16.5 Å². The van der Waals surface area contributed by atoms with Crippen molar-refractivity contribution in [3.63, 3.8) is 0 Å². The molecule has 0 radical (unpaired) electrons. The van der Waals surface area contributed by atoms with E-state index in [2.05, 4.69) is 19.9 Å². The molecule has 7 nitrogen and oxygen atoms in total. The Bertz CT molecular complexity index is 471. The van der Waals surface area contributed by atoms with Crippen molar-refractivity contribution in [3.8, 4) is 0 Å². The number of imidazole rings is 1. The predicted octanol–water partition coefficient (Wildman–Crippen LogP) is -1.00. The van der Waals surface area contributed by atoms with Crippen molar-refractivity contribution < 1.29 is 0 Å². The molecule has 0 spiro atoms. The maximum atomic E-state index is 7.23. The minimum absolute atomic E-state index is 0.144. The van der Waals surface area contributed by atoms with E-state index in [1.807, 2.05) is 0 Å². The first-order chi connectivity index (χ1) is 6.18. The molecule has 2 aromatic heterocycles. The maximum absolute atomic E-state index is 7.23. The first-order valence-corrected chi connectivity index (χ1v) is 3.49. The number of hydrogen-bond donors (Lipinski definition) is 4. The average molecular weight is 177 g/mol. The van der Waals surface area contributed by atoms with Crippen LogP contribution in [0.1, 0.15) is 0 Å². The number of nitrogen functional groups attached to an aromatic ring is 2. The first-order valence-electron chi connectivity index (χ1n) is 3.49. The lowest BCUT2D eigenvalue weighted by atomic mass is 10.4. The second-order valence-corrected chi connectivity index (χ2v) is 2.44. The summed E-state index contributed by atoms with van der Waals surface area (Å²) in [5, 5.41) is 7.23. The van der Waals surface area contributed by atoms with Gasteiger partial charge in [0.2, 0.25) is 5.62 Å². The SMILES string of the molecule is N=c1nc(N)c2nc[nH]c2c(N)n1. The summed E-state index contributed by atoms with van der Waals surface area (Å²) in [6.07, 6.45) is 1.45. The predicted molar refractivity (Wildman–Crippen MR) is 46.4 cm³/mol. The van der Waals surface area contributed by atoms with Gasteiger partial charge in [-0.15, -0.1) is 0 Å². The van der Waals surface area contributed by atoms with Crippen molar-refractivity contribution in [2.24, 2.45) is 0 Å². The third-order valence-corrected chi connectivity index (χ3v) is 1.59. The maximum Gasteiger partial charge on any atom is 0.245 e. The second-order valence-electron chi connectivity index (χ2n) is 2.44. The molecular weight excluding hydrogens is 170 g/mol. The van der Waals surface area contributed by atoms with Gasteiger partial charge in [-0.2, -0.15) is 9.97 Å². The molecule has 6 N–H and O–H groups in total. The van der Waals surface area contributed by atoms with Crippen molar-refractivity contribution in [3.05, 3.63) is 11.9 Å². The van der Waals surface area contributed by atoms with E-state index in [4.69, 9.17) is 16.9 Å². The molecule has 0 bridgehead atoms. The molecule has 2 rings (SSSR count). The molecule has 0 aliphatic heterocycles. The zero-order valence-electron chi connectivity index (χ0n) is 6.57. The third kappa shape index (κ3) is 1.06. The number of H-pyrrole nitrogens is 1. The van der Waals surface area contributed by atoms with Crippen molar-refractivity contribution in [1.29, 1.82) is 5.41 Å². The molecule has 0 aliphatic rings. The Hall–Kier alpha value is -2.18. The number of nitrogens with zero attached hydrogens (tertiary/aromatic N) is 3. The van der Waals surface area contributed by atoms with Gasteiger partial charge in [0.25, 0.3) is 0 Å². The van der Waals surface area contributed by atoms with Gasteiger partial charge in [-0.25, -0.2) is 4.98 Å². The number of rotatable bonds is 0. The Labute approximate surface area is 72.4 Å². The van der Waals surface area contributed by atoms with Crippen molar-refractivity contribution in [1.82, 2.24) is 19.9 Å². The van der Waals surface area contributed by atoms with Crippen LogP contribution >= 0.6 is 0 Å². The molecule has 66 valence electrons. The number of nitrogens with two attached hydrogens (primary N) is 2. The lowest BCUT2D eigenvalue weighted by Gasteiger charge is -1.85. The minimum atomic E-state index is -0.221. The summed E-state index contributed by atoms with van der Waals surface area (Å²) in [7, 11) is 0. The van der Waals surface area contributed by atoms with E-state index in [0.29, 0.717) is 11.0 Å². The molecule has 2 heterocycles. The van der Waals surface area contributed by atoms with Crippen molar-refractivity contribution >= 4 is 22.7 Å². The van der Waals surface area contributed by atoms with Gasteiger partial charge in [0.05, 0.1) is 6.33 Å². The Balaban J connectivity index is 3.08. The lowest BCUT2D eigenvalue weighted by Crippen LogP contribution is -2.09. The summed E-state index contributed by atoms with van der Waals surface area (Å²) in [4.78, 5) is 14.0. The Morgan fingerprint density at radius 3 is 2.69 bits per heavy atom. The number of hydrogen-bond acceptors (Lipinski definition) is 6. The standard InChI is InChI=1S/C6H7N7/c7-4-2-3(11-1-10-2)5(8)13-6(9)12-4/h1H,(H,10,11)(H5,7,8,9,12,13). The van der Waals surface area contributed by atoms with Crippen LogP contribution in [0.25, 0.3) is 11.0 Å². The Morgan fingerprint density at radius 2 is 1.92 bits per heavy atom. The van der Waals surface area contributed by atoms with Gasteiger partial charge in [0.15, 0.2) is 11.6 Å². The van der Waals surface area contributed by atoms with Crippen LogP contribution in [0.5, 0.6) is 0 Å². The van der Waals surface area contributed by atoms with Crippen LogP contribution < -0.4 is 17.1 Å². The molecule has 0 aliphatic carbocycles. The van der Waals surface area contributed by atoms with Gasteiger partial charge in [0.1, 0.15) is 11.0 Å². The zero-order valence-corrected chi connectivity index (χ0v) is 6.57. The van der Waals surface area contributed by atoms with Crippen LogP contribution in [-0.2, 0) is 0 Å². The molecular formula is C6H7N7. The molecule has 0 amide bonds. The molecule has 7 heteroatoms. The summed E-state index contributed by atoms with van der Waals surface area (Å²) in [6, 6.07) is 0. The number of aromatic nitrogens is 4. The Kier molecular flexibility index (Phi) is 1.38. The Morgan fingerprint density at radius 1 is 1.23 bits per heavy atom. The number of aromatic amines is 1.